The van der Waals surface area contributed by atoms with Crippen LogP contribution in [0, 0.1) is 0 Å². The van der Waals surface area contributed by atoms with E-state index in [0.717, 1.165) is 24.0 Å². The Hall–Kier alpha value is -1.51. The highest BCUT2D eigenvalue weighted by Crippen LogP contribution is 2.34. The molecule has 1 aromatic carbocycles. The van der Waals surface area contributed by atoms with Gasteiger partial charge in [-0.05, 0) is 35.4 Å². The summed E-state index contributed by atoms with van der Waals surface area (Å²) in [6.07, 6.45) is 4.47. The van der Waals surface area contributed by atoms with Gasteiger partial charge in [0.15, 0.2) is 0 Å². The van der Waals surface area contributed by atoms with Crippen molar-refractivity contribution in [3.63, 3.8) is 0 Å². The van der Waals surface area contributed by atoms with Crippen molar-refractivity contribution in [2.45, 2.75) is 72.1 Å². The number of benzene rings is 1. The summed E-state index contributed by atoms with van der Waals surface area (Å²) in [5.41, 5.74) is 2.35. The zero-order valence-electron chi connectivity index (χ0n) is 14.6. The molecule has 1 aromatic rings. The summed E-state index contributed by atoms with van der Waals surface area (Å²) in [4.78, 5) is 11.6. The largest absolute Gasteiger partial charge is 0.492 e. The summed E-state index contributed by atoms with van der Waals surface area (Å²) < 4.78 is 5.89. The molecule has 0 spiro atoms. The maximum absolute atomic E-state index is 11.6. The molecule has 0 bridgehead atoms. The van der Waals surface area contributed by atoms with Crippen LogP contribution in [0.2, 0.25) is 0 Å². The number of hydrogen-bond donors (Lipinski definition) is 1. The predicted molar refractivity (Wildman–Crippen MR) is 91.2 cm³/mol. The molecule has 0 radical (unpaired) electrons. The molecule has 124 valence electrons. The van der Waals surface area contributed by atoms with Crippen molar-refractivity contribution >= 4 is 5.97 Å². The number of rotatable bonds is 9. The number of unbranched alkanes of at least 4 members (excludes halogenated alkanes) is 3. The summed E-state index contributed by atoms with van der Waals surface area (Å²) >= 11 is 0. The van der Waals surface area contributed by atoms with Gasteiger partial charge in [-0.2, -0.15) is 0 Å². The van der Waals surface area contributed by atoms with Crippen LogP contribution in [0.3, 0.4) is 0 Å². The fraction of sp³-hybridized carbons (Fsp3) is 0.632. The van der Waals surface area contributed by atoms with E-state index in [1.807, 2.05) is 0 Å². The predicted octanol–water partition coefficient (Wildman–Crippen LogP) is 5.59. The third kappa shape index (κ3) is 5.04. The Bertz CT molecular complexity index is 490. The van der Waals surface area contributed by atoms with Crippen molar-refractivity contribution < 1.29 is 14.6 Å². The number of hydrogen-bond acceptors (Lipinski definition) is 2. The molecule has 0 atom stereocenters. The molecule has 3 heteroatoms. The molecule has 0 saturated carbocycles. The van der Waals surface area contributed by atoms with Gasteiger partial charge in [0, 0.05) is 0 Å². The molecular formula is C19H30O3. The fourth-order valence-corrected chi connectivity index (χ4v) is 2.46. The van der Waals surface area contributed by atoms with Crippen molar-refractivity contribution in [3.8, 4) is 5.75 Å². The first-order valence-corrected chi connectivity index (χ1v) is 8.42. The van der Waals surface area contributed by atoms with Crippen LogP contribution in [-0.2, 0) is 0 Å². The van der Waals surface area contributed by atoms with Gasteiger partial charge in [-0.1, -0.05) is 59.9 Å². The molecule has 0 aliphatic carbocycles. The van der Waals surface area contributed by atoms with E-state index in [-0.39, 0.29) is 5.92 Å². The molecule has 0 aromatic heterocycles. The minimum absolute atomic E-state index is 0.238. The Balaban J connectivity index is 3.07. The lowest BCUT2D eigenvalue weighted by Crippen LogP contribution is -2.10. The lowest BCUT2D eigenvalue weighted by atomic mass is 9.92. The molecule has 22 heavy (non-hydrogen) atoms. The van der Waals surface area contributed by atoms with E-state index < -0.39 is 5.97 Å². The first kappa shape index (κ1) is 18.5. The summed E-state index contributed by atoms with van der Waals surface area (Å²) in [6.45, 7) is 11.1. The van der Waals surface area contributed by atoms with Gasteiger partial charge >= 0.3 is 5.97 Å². The van der Waals surface area contributed by atoms with E-state index in [2.05, 4.69) is 40.7 Å². The average Bonchev–Trinajstić information content (AvgIpc) is 2.45. The van der Waals surface area contributed by atoms with Gasteiger partial charge in [0.25, 0.3) is 0 Å². The summed E-state index contributed by atoms with van der Waals surface area (Å²) in [7, 11) is 0. The van der Waals surface area contributed by atoms with Gasteiger partial charge in [0.05, 0.1) is 6.61 Å². The zero-order chi connectivity index (χ0) is 16.7. The van der Waals surface area contributed by atoms with E-state index in [0.29, 0.717) is 23.8 Å². The van der Waals surface area contributed by atoms with Crippen LogP contribution in [0.15, 0.2) is 12.1 Å². The Morgan fingerprint density at radius 3 is 2.27 bits per heavy atom. The van der Waals surface area contributed by atoms with Gasteiger partial charge in [0.2, 0.25) is 0 Å². The van der Waals surface area contributed by atoms with E-state index in [1.54, 1.807) is 6.07 Å². The highest BCUT2D eigenvalue weighted by atomic mass is 16.5. The van der Waals surface area contributed by atoms with Crippen LogP contribution in [0.5, 0.6) is 5.75 Å². The summed E-state index contributed by atoms with van der Waals surface area (Å²) in [5.74, 6) is 0.188. The van der Waals surface area contributed by atoms with E-state index in [9.17, 15) is 9.90 Å². The fourth-order valence-electron chi connectivity index (χ4n) is 2.46. The molecule has 0 aliphatic heterocycles. The topological polar surface area (TPSA) is 46.5 Å². The van der Waals surface area contributed by atoms with Crippen LogP contribution in [0.1, 0.15) is 93.6 Å². The lowest BCUT2D eigenvalue weighted by molar-refractivity contribution is 0.0691. The molecule has 1 N–H and O–H groups in total. The number of ether oxygens (including phenoxy) is 1. The second kappa shape index (κ2) is 8.82. The van der Waals surface area contributed by atoms with Crippen LogP contribution < -0.4 is 4.74 Å². The molecule has 0 aliphatic rings. The molecule has 0 amide bonds. The van der Waals surface area contributed by atoms with Crippen molar-refractivity contribution in [3.05, 3.63) is 28.8 Å². The second-order valence-corrected chi connectivity index (χ2v) is 6.51. The van der Waals surface area contributed by atoms with Crippen LogP contribution >= 0.6 is 0 Å². The van der Waals surface area contributed by atoms with Crippen molar-refractivity contribution in [2.75, 3.05) is 6.61 Å². The van der Waals surface area contributed by atoms with E-state index in [1.165, 1.54) is 12.8 Å². The molecule has 0 unspecified atom stereocenters. The normalized spacial score (nSPS) is 11.2. The highest BCUT2D eigenvalue weighted by Gasteiger charge is 2.20. The Labute approximate surface area is 134 Å². The number of carboxylic acids is 1. The molecule has 1 rings (SSSR count). The maximum atomic E-state index is 11.6. The SMILES string of the molecule is CCCCCCOc1c(C(=O)O)cc(C(C)C)cc1C(C)C. The van der Waals surface area contributed by atoms with E-state index >= 15 is 0 Å². The molecule has 0 saturated heterocycles. The zero-order valence-corrected chi connectivity index (χ0v) is 14.6. The van der Waals surface area contributed by atoms with Gasteiger partial charge in [-0.25, -0.2) is 4.79 Å². The number of aromatic carboxylic acids is 1. The summed E-state index contributed by atoms with van der Waals surface area (Å²) in [5, 5.41) is 9.54. The van der Waals surface area contributed by atoms with Crippen molar-refractivity contribution in [2.24, 2.45) is 0 Å². The minimum Gasteiger partial charge on any atom is -0.492 e. The number of carbonyl (C=O) groups is 1. The number of carboxylic acid groups (broad SMARTS) is 1. The molecule has 0 heterocycles. The Kier molecular flexibility index (Phi) is 7.43. The molecule has 0 fully saturated rings. The third-order valence-electron chi connectivity index (χ3n) is 3.90. The minimum atomic E-state index is -0.909. The highest BCUT2D eigenvalue weighted by molar-refractivity contribution is 5.92. The third-order valence-corrected chi connectivity index (χ3v) is 3.90. The van der Waals surface area contributed by atoms with Gasteiger partial charge in [0.1, 0.15) is 11.3 Å². The standard InChI is InChI=1S/C19H30O3/c1-6-7-8-9-10-22-18-16(14(4)5)11-15(13(2)3)12-17(18)19(20)21/h11-14H,6-10H2,1-5H3,(H,20,21). The van der Waals surface area contributed by atoms with Crippen molar-refractivity contribution in [1.82, 2.24) is 0 Å². The lowest BCUT2D eigenvalue weighted by Gasteiger charge is -2.19. The first-order chi connectivity index (χ1) is 10.4. The monoisotopic (exact) mass is 306 g/mol. The maximum Gasteiger partial charge on any atom is 0.339 e. The van der Waals surface area contributed by atoms with Gasteiger partial charge in [-0.15, -0.1) is 0 Å². The van der Waals surface area contributed by atoms with Crippen molar-refractivity contribution in [1.29, 1.82) is 0 Å². The van der Waals surface area contributed by atoms with Gasteiger partial charge in [-0.3, -0.25) is 0 Å². The van der Waals surface area contributed by atoms with E-state index in [4.69, 9.17) is 4.74 Å². The molecule has 3 nitrogen and oxygen atoms in total. The van der Waals surface area contributed by atoms with Gasteiger partial charge < -0.3 is 9.84 Å². The summed E-state index contributed by atoms with van der Waals surface area (Å²) in [6, 6.07) is 3.86. The van der Waals surface area contributed by atoms with Crippen LogP contribution in [0.25, 0.3) is 0 Å². The molecular weight excluding hydrogens is 276 g/mol. The van der Waals surface area contributed by atoms with Crippen LogP contribution in [0.4, 0.5) is 0 Å². The Morgan fingerprint density at radius 2 is 1.77 bits per heavy atom. The Morgan fingerprint density at radius 1 is 1.09 bits per heavy atom. The van der Waals surface area contributed by atoms with Crippen LogP contribution in [-0.4, -0.2) is 17.7 Å². The smallest absolute Gasteiger partial charge is 0.339 e. The quantitative estimate of drug-likeness (QED) is 0.605. The average molecular weight is 306 g/mol. The second-order valence-electron chi connectivity index (χ2n) is 6.51. The first-order valence-electron chi connectivity index (χ1n) is 8.42.